The number of hydrogen-bond donors (Lipinski definition) is 1. The maximum Gasteiger partial charge on any atom is 0.142 e. The Balaban J connectivity index is 1.72. The number of hydrogen-bond acceptors (Lipinski definition) is 4. The van der Waals surface area contributed by atoms with Gasteiger partial charge in [0.15, 0.2) is 0 Å². The maximum absolute atomic E-state index is 9.75. The van der Waals surface area contributed by atoms with Gasteiger partial charge in [0.05, 0.1) is 5.69 Å². The van der Waals surface area contributed by atoms with Gasteiger partial charge in [-0.3, -0.25) is 0 Å². The van der Waals surface area contributed by atoms with Gasteiger partial charge >= 0.3 is 0 Å². The highest BCUT2D eigenvalue weighted by molar-refractivity contribution is 5.80. The van der Waals surface area contributed by atoms with Crippen molar-refractivity contribution in [3.63, 3.8) is 0 Å². The number of para-hydroxylation sites is 1. The van der Waals surface area contributed by atoms with Crippen LogP contribution in [0.25, 0.3) is 22.4 Å². The molecule has 0 aliphatic heterocycles. The van der Waals surface area contributed by atoms with Crippen LogP contribution in [0.2, 0.25) is 0 Å². The van der Waals surface area contributed by atoms with Gasteiger partial charge in [0, 0.05) is 11.1 Å². The molecule has 0 bridgehead atoms. The molecule has 0 aliphatic carbocycles. The normalized spacial score (nSPS) is 10.7. The van der Waals surface area contributed by atoms with E-state index in [2.05, 4.69) is 49.2 Å². The van der Waals surface area contributed by atoms with Gasteiger partial charge in [-0.15, -0.1) is 0 Å². The van der Waals surface area contributed by atoms with Crippen molar-refractivity contribution < 1.29 is 4.74 Å². The van der Waals surface area contributed by atoms with Crippen LogP contribution in [0.3, 0.4) is 0 Å². The van der Waals surface area contributed by atoms with Gasteiger partial charge in [0.2, 0.25) is 0 Å². The lowest BCUT2D eigenvalue weighted by atomic mass is 9.97. The molecule has 4 rings (SSSR count). The molecule has 4 heteroatoms. The molecule has 0 saturated heterocycles. The van der Waals surface area contributed by atoms with Crippen molar-refractivity contribution in [3.8, 4) is 40.0 Å². The Morgan fingerprint density at radius 2 is 1.59 bits per heavy atom. The highest BCUT2D eigenvalue weighted by Gasteiger charge is 2.14. The number of pyridine rings is 1. The zero-order chi connectivity index (χ0) is 22.5. The molecule has 2 N–H and O–H groups in total. The minimum absolute atomic E-state index is 0.223. The smallest absolute Gasteiger partial charge is 0.142 e. The van der Waals surface area contributed by atoms with Crippen molar-refractivity contribution in [3.05, 3.63) is 96.1 Å². The molecule has 0 unspecified atom stereocenters. The second-order valence-electron chi connectivity index (χ2n) is 8.16. The van der Waals surface area contributed by atoms with E-state index >= 15 is 0 Å². The fourth-order valence-electron chi connectivity index (χ4n) is 3.69. The van der Waals surface area contributed by atoms with Gasteiger partial charge in [0.25, 0.3) is 0 Å². The predicted octanol–water partition coefficient (Wildman–Crippen LogP) is 6.86. The average molecular weight is 420 g/mol. The third-order valence-corrected chi connectivity index (χ3v) is 5.18. The van der Waals surface area contributed by atoms with Gasteiger partial charge in [-0.2, -0.15) is 5.26 Å². The van der Waals surface area contributed by atoms with Crippen LogP contribution in [-0.2, 0) is 6.42 Å². The van der Waals surface area contributed by atoms with Crippen LogP contribution >= 0.6 is 0 Å². The molecule has 0 spiro atoms. The molecule has 32 heavy (non-hydrogen) atoms. The molecule has 0 atom stereocenters. The van der Waals surface area contributed by atoms with Gasteiger partial charge in [-0.1, -0.05) is 68.4 Å². The van der Waals surface area contributed by atoms with E-state index in [0.717, 1.165) is 34.6 Å². The van der Waals surface area contributed by atoms with Gasteiger partial charge in [-0.25, -0.2) is 4.98 Å². The molecule has 4 nitrogen and oxygen atoms in total. The summed E-state index contributed by atoms with van der Waals surface area (Å²) in [6.07, 6.45) is 1.03. The summed E-state index contributed by atoms with van der Waals surface area (Å²) in [6.45, 7) is 4.41. The average Bonchev–Trinajstić information content (AvgIpc) is 2.79. The minimum Gasteiger partial charge on any atom is -0.457 e. The van der Waals surface area contributed by atoms with E-state index < -0.39 is 0 Å². The molecule has 0 radical (unpaired) electrons. The molecule has 0 amide bonds. The van der Waals surface area contributed by atoms with Crippen LogP contribution in [0.4, 0.5) is 5.82 Å². The lowest BCUT2D eigenvalue weighted by Gasteiger charge is -2.12. The number of ether oxygens (including phenoxy) is 1. The third kappa shape index (κ3) is 4.79. The summed E-state index contributed by atoms with van der Waals surface area (Å²) in [5, 5.41) is 9.75. The number of nitrogens with zero attached hydrogens (tertiary/aromatic N) is 2. The highest BCUT2D eigenvalue weighted by Crippen LogP contribution is 2.34. The Bertz CT molecular complexity index is 1260. The Morgan fingerprint density at radius 3 is 2.28 bits per heavy atom. The Kier molecular flexibility index (Phi) is 6.19. The molecule has 158 valence electrons. The van der Waals surface area contributed by atoms with Gasteiger partial charge in [-0.05, 0) is 53.8 Å². The fraction of sp³-hybridized carbons (Fsp3) is 0.143. The summed E-state index contributed by atoms with van der Waals surface area (Å²) in [7, 11) is 0. The van der Waals surface area contributed by atoms with Crippen molar-refractivity contribution in [1.82, 2.24) is 4.98 Å². The molecule has 1 aromatic heterocycles. The van der Waals surface area contributed by atoms with E-state index in [0.29, 0.717) is 17.2 Å². The first kappa shape index (κ1) is 21.1. The summed E-state index contributed by atoms with van der Waals surface area (Å²) in [5.74, 6) is 2.26. The molecule has 4 aromatic rings. The van der Waals surface area contributed by atoms with E-state index in [1.807, 2.05) is 60.7 Å². The predicted molar refractivity (Wildman–Crippen MR) is 129 cm³/mol. The molecular formula is C28H25N3O. The van der Waals surface area contributed by atoms with E-state index in [4.69, 9.17) is 10.5 Å². The number of anilines is 1. The molecule has 3 aromatic carbocycles. The van der Waals surface area contributed by atoms with Crippen molar-refractivity contribution in [1.29, 1.82) is 5.26 Å². The monoisotopic (exact) mass is 419 g/mol. The van der Waals surface area contributed by atoms with Gasteiger partial charge < -0.3 is 10.5 Å². The largest absolute Gasteiger partial charge is 0.457 e. The molecule has 1 heterocycles. The number of nitriles is 1. The van der Waals surface area contributed by atoms with Gasteiger partial charge in [0.1, 0.15) is 28.9 Å². The summed E-state index contributed by atoms with van der Waals surface area (Å²) >= 11 is 0. The van der Waals surface area contributed by atoms with Crippen molar-refractivity contribution in [2.45, 2.75) is 20.3 Å². The summed E-state index contributed by atoms with van der Waals surface area (Å²) < 4.78 is 5.97. The van der Waals surface area contributed by atoms with Crippen LogP contribution < -0.4 is 10.5 Å². The van der Waals surface area contributed by atoms with Crippen molar-refractivity contribution >= 4 is 5.82 Å². The van der Waals surface area contributed by atoms with Crippen molar-refractivity contribution in [2.24, 2.45) is 5.92 Å². The van der Waals surface area contributed by atoms with Crippen LogP contribution in [0.1, 0.15) is 25.0 Å². The quantitative estimate of drug-likeness (QED) is 0.370. The first-order valence-corrected chi connectivity index (χ1v) is 10.7. The number of aromatic nitrogens is 1. The second kappa shape index (κ2) is 9.36. The zero-order valence-electron chi connectivity index (χ0n) is 18.2. The number of rotatable bonds is 6. The van der Waals surface area contributed by atoms with E-state index in [1.165, 1.54) is 5.56 Å². The first-order chi connectivity index (χ1) is 15.5. The topological polar surface area (TPSA) is 71.9 Å². The molecule has 0 saturated carbocycles. The summed E-state index contributed by atoms with van der Waals surface area (Å²) in [4.78, 5) is 4.51. The van der Waals surface area contributed by atoms with Crippen LogP contribution in [0, 0.1) is 17.2 Å². The second-order valence-corrected chi connectivity index (χ2v) is 8.16. The Labute approximate surface area is 188 Å². The lowest BCUT2D eigenvalue weighted by molar-refractivity contribution is 0.483. The highest BCUT2D eigenvalue weighted by atomic mass is 16.5. The van der Waals surface area contributed by atoms with Crippen molar-refractivity contribution in [2.75, 3.05) is 5.73 Å². The minimum atomic E-state index is 0.223. The summed E-state index contributed by atoms with van der Waals surface area (Å²) in [5.41, 5.74) is 11.1. The van der Waals surface area contributed by atoms with Crippen LogP contribution in [0.5, 0.6) is 11.5 Å². The lowest BCUT2D eigenvalue weighted by Crippen LogP contribution is -2.00. The number of nitrogen functional groups attached to an aromatic ring is 1. The molecule has 0 fully saturated rings. The van der Waals surface area contributed by atoms with Crippen LogP contribution in [-0.4, -0.2) is 4.98 Å². The third-order valence-electron chi connectivity index (χ3n) is 5.18. The Morgan fingerprint density at radius 1 is 0.875 bits per heavy atom. The fourth-order valence-corrected chi connectivity index (χ4v) is 3.69. The van der Waals surface area contributed by atoms with Crippen LogP contribution in [0.15, 0.2) is 84.9 Å². The zero-order valence-corrected chi connectivity index (χ0v) is 18.2. The number of nitrogens with two attached hydrogens (primary N) is 1. The Hall–Kier alpha value is -4.10. The standard InChI is InChI=1S/C28H25N3O/c1-19(2)15-20-11-13-21(14-12-20)27-17-25(26(18-29)28(30)31-27)22-7-6-10-24(16-22)32-23-8-4-3-5-9-23/h3-14,16-17,19H,15H2,1-2H3,(H2,30,31). The van der Waals surface area contributed by atoms with E-state index in [9.17, 15) is 5.26 Å². The molecular weight excluding hydrogens is 394 g/mol. The maximum atomic E-state index is 9.75. The van der Waals surface area contributed by atoms with E-state index in [1.54, 1.807) is 0 Å². The summed E-state index contributed by atoms with van der Waals surface area (Å²) in [6, 6.07) is 29.8. The van der Waals surface area contributed by atoms with E-state index in [-0.39, 0.29) is 5.82 Å². The number of benzene rings is 3. The SMILES string of the molecule is CC(C)Cc1ccc(-c2cc(-c3cccc(Oc4ccccc4)c3)c(C#N)c(N)n2)cc1. The first-order valence-electron chi connectivity index (χ1n) is 10.7. The molecule has 0 aliphatic rings.